The van der Waals surface area contributed by atoms with Crippen LogP contribution in [0.5, 0.6) is 11.5 Å². The van der Waals surface area contributed by atoms with Crippen LogP contribution in [0.3, 0.4) is 0 Å². The van der Waals surface area contributed by atoms with Crippen LogP contribution in [0.2, 0.25) is 0 Å². The Morgan fingerprint density at radius 1 is 1.00 bits per heavy atom. The van der Waals surface area contributed by atoms with E-state index in [0.29, 0.717) is 0 Å². The largest absolute Gasteiger partial charge is 0.493 e. The Balaban J connectivity index is 1.63. The first-order chi connectivity index (χ1) is 13.3. The SMILES string of the molecule is COc1cccc2c1O[C@@H](c1ccncc1)N1N=C(c3ccccc3)C[C@@H]21. The highest BCUT2D eigenvalue weighted by atomic mass is 16.5. The van der Waals surface area contributed by atoms with Gasteiger partial charge < -0.3 is 9.47 Å². The van der Waals surface area contributed by atoms with Gasteiger partial charge in [-0.3, -0.25) is 4.98 Å². The van der Waals surface area contributed by atoms with E-state index in [1.54, 1.807) is 19.5 Å². The van der Waals surface area contributed by atoms with Crippen LogP contribution in [0.15, 0.2) is 78.2 Å². The third-order valence-corrected chi connectivity index (χ3v) is 5.10. The molecule has 5 nitrogen and oxygen atoms in total. The van der Waals surface area contributed by atoms with Gasteiger partial charge in [-0.05, 0) is 23.8 Å². The van der Waals surface area contributed by atoms with E-state index in [1.807, 2.05) is 42.5 Å². The molecular weight excluding hydrogens is 338 g/mol. The monoisotopic (exact) mass is 357 g/mol. The number of ether oxygens (including phenoxy) is 2. The van der Waals surface area contributed by atoms with Crippen molar-refractivity contribution >= 4 is 5.71 Å². The van der Waals surface area contributed by atoms with E-state index in [2.05, 4.69) is 28.2 Å². The summed E-state index contributed by atoms with van der Waals surface area (Å²) in [4.78, 5) is 4.13. The van der Waals surface area contributed by atoms with Crippen LogP contribution in [0.4, 0.5) is 0 Å². The van der Waals surface area contributed by atoms with Gasteiger partial charge in [0, 0.05) is 29.9 Å². The van der Waals surface area contributed by atoms with E-state index < -0.39 is 0 Å². The van der Waals surface area contributed by atoms with Crippen molar-refractivity contribution < 1.29 is 9.47 Å². The number of fused-ring (bicyclic) bond motifs is 3. The third-order valence-electron chi connectivity index (χ3n) is 5.10. The number of rotatable bonds is 3. The third kappa shape index (κ3) is 2.63. The Labute approximate surface area is 157 Å². The molecule has 134 valence electrons. The Bertz CT molecular complexity index is 989. The predicted molar refractivity (Wildman–Crippen MR) is 103 cm³/mol. The zero-order valence-corrected chi connectivity index (χ0v) is 14.9. The summed E-state index contributed by atoms with van der Waals surface area (Å²) in [5.41, 5.74) is 4.34. The molecule has 0 amide bonds. The normalized spacial score (nSPS) is 20.3. The molecule has 3 heterocycles. The van der Waals surface area contributed by atoms with Crippen LogP contribution in [-0.2, 0) is 0 Å². The lowest BCUT2D eigenvalue weighted by molar-refractivity contribution is -0.0209. The minimum Gasteiger partial charge on any atom is -0.493 e. The maximum Gasteiger partial charge on any atom is 0.214 e. The smallest absolute Gasteiger partial charge is 0.214 e. The van der Waals surface area contributed by atoms with Gasteiger partial charge in [-0.2, -0.15) is 5.10 Å². The van der Waals surface area contributed by atoms with Crippen molar-refractivity contribution in [3.63, 3.8) is 0 Å². The lowest BCUT2D eigenvalue weighted by atomic mass is 9.95. The quantitative estimate of drug-likeness (QED) is 0.700. The summed E-state index contributed by atoms with van der Waals surface area (Å²) in [6, 6.07) is 20.4. The number of aromatic nitrogens is 1. The number of hydrogen-bond acceptors (Lipinski definition) is 5. The maximum atomic E-state index is 6.40. The molecule has 0 bridgehead atoms. The van der Waals surface area contributed by atoms with Gasteiger partial charge in [0.1, 0.15) is 0 Å². The number of benzene rings is 2. The molecule has 3 aromatic rings. The van der Waals surface area contributed by atoms with Crippen LogP contribution in [0.1, 0.15) is 35.4 Å². The fourth-order valence-electron chi connectivity index (χ4n) is 3.80. The first-order valence-corrected chi connectivity index (χ1v) is 9.00. The molecule has 0 aliphatic carbocycles. The molecule has 2 aromatic carbocycles. The zero-order valence-electron chi connectivity index (χ0n) is 14.9. The standard InChI is InChI=1S/C22H19N3O2/c1-26-20-9-5-8-17-19-14-18(15-6-3-2-4-7-15)24-25(19)22(27-21(17)20)16-10-12-23-13-11-16/h2-13,19,22H,14H2,1H3/t19-,22-/m0/s1. The lowest BCUT2D eigenvalue weighted by Gasteiger charge is -2.38. The lowest BCUT2D eigenvalue weighted by Crippen LogP contribution is -2.33. The topological polar surface area (TPSA) is 47.0 Å². The zero-order chi connectivity index (χ0) is 18.2. The van der Waals surface area contributed by atoms with E-state index >= 15 is 0 Å². The second-order valence-corrected chi connectivity index (χ2v) is 6.64. The van der Waals surface area contributed by atoms with Gasteiger partial charge >= 0.3 is 0 Å². The van der Waals surface area contributed by atoms with Crippen LogP contribution < -0.4 is 9.47 Å². The molecule has 0 fully saturated rings. The summed E-state index contributed by atoms with van der Waals surface area (Å²) in [6.45, 7) is 0. The number of para-hydroxylation sites is 1. The highest BCUT2D eigenvalue weighted by Crippen LogP contribution is 2.50. The van der Waals surface area contributed by atoms with Gasteiger partial charge in [0.15, 0.2) is 11.5 Å². The fraction of sp³-hybridized carbons (Fsp3) is 0.182. The van der Waals surface area contributed by atoms with Crippen LogP contribution >= 0.6 is 0 Å². The molecule has 0 radical (unpaired) electrons. The van der Waals surface area contributed by atoms with Crippen molar-refractivity contribution in [3.8, 4) is 11.5 Å². The van der Waals surface area contributed by atoms with E-state index in [9.17, 15) is 0 Å². The first-order valence-electron chi connectivity index (χ1n) is 9.00. The van der Waals surface area contributed by atoms with Crippen molar-refractivity contribution in [2.24, 2.45) is 5.10 Å². The van der Waals surface area contributed by atoms with Crippen LogP contribution in [0.25, 0.3) is 0 Å². The first kappa shape index (κ1) is 15.9. The Morgan fingerprint density at radius 2 is 1.81 bits per heavy atom. The summed E-state index contributed by atoms with van der Waals surface area (Å²) in [5.74, 6) is 1.55. The van der Waals surface area contributed by atoms with Gasteiger partial charge in [0.25, 0.3) is 0 Å². The van der Waals surface area contributed by atoms with Crippen molar-refractivity contribution in [2.75, 3.05) is 7.11 Å². The van der Waals surface area contributed by atoms with Crippen molar-refractivity contribution in [1.29, 1.82) is 0 Å². The van der Waals surface area contributed by atoms with Crippen LogP contribution in [-0.4, -0.2) is 22.8 Å². The van der Waals surface area contributed by atoms with E-state index in [-0.39, 0.29) is 12.3 Å². The molecule has 2 aliphatic rings. The maximum absolute atomic E-state index is 6.40. The molecule has 2 aliphatic heterocycles. The molecule has 5 heteroatoms. The second kappa shape index (κ2) is 6.43. The summed E-state index contributed by atoms with van der Waals surface area (Å²) < 4.78 is 12.0. The number of nitrogens with zero attached hydrogens (tertiary/aromatic N) is 3. The Hall–Kier alpha value is -3.34. The molecule has 5 rings (SSSR count). The highest BCUT2D eigenvalue weighted by Gasteiger charge is 2.42. The Morgan fingerprint density at radius 3 is 2.59 bits per heavy atom. The summed E-state index contributed by atoms with van der Waals surface area (Å²) in [5, 5.41) is 7.03. The van der Waals surface area contributed by atoms with E-state index in [1.165, 1.54) is 0 Å². The van der Waals surface area contributed by atoms with Crippen molar-refractivity contribution in [3.05, 3.63) is 89.7 Å². The van der Waals surface area contributed by atoms with E-state index in [4.69, 9.17) is 14.6 Å². The molecule has 0 spiro atoms. The minimum absolute atomic E-state index is 0.109. The molecule has 0 unspecified atom stereocenters. The van der Waals surface area contributed by atoms with Crippen LogP contribution in [0, 0.1) is 0 Å². The predicted octanol–water partition coefficient (Wildman–Crippen LogP) is 4.33. The van der Waals surface area contributed by atoms with Crippen molar-refractivity contribution in [1.82, 2.24) is 9.99 Å². The molecule has 2 atom stereocenters. The minimum atomic E-state index is -0.317. The molecule has 0 saturated heterocycles. The number of methoxy groups -OCH3 is 1. The summed E-state index contributed by atoms with van der Waals surface area (Å²) in [7, 11) is 1.67. The second-order valence-electron chi connectivity index (χ2n) is 6.64. The number of hydrogen-bond donors (Lipinski definition) is 0. The molecule has 27 heavy (non-hydrogen) atoms. The van der Waals surface area contributed by atoms with Gasteiger partial charge in [-0.15, -0.1) is 0 Å². The molecular formula is C22H19N3O2. The van der Waals surface area contributed by atoms with Crippen molar-refractivity contribution in [2.45, 2.75) is 18.7 Å². The molecule has 1 aromatic heterocycles. The summed E-state index contributed by atoms with van der Waals surface area (Å²) in [6.07, 6.45) is 4.07. The van der Waals surface area contributed by atoms with E-state index in [0.717, 1.165) is 40.3 Å². The van der Waals surface area contributed by atoms with Gasteiger partial charge in [0.05, 0.1) is 18.9 Å². The number of pyridine rings is 1. The Kier molecular flexibility index (Phi) is 3.78. The molecule has 0 saturated carbocycles. The average molecular weight is 357 g/mol. The highest BCUT2D eigenvalue weighted by molar-refractivity contribution is 6.01. The summed E-state index contributed by atoms with van der Waals surface area (Å²) >= 11 is 0. The van der Waals surface area contributed by atoms with Gasteiger partial charge in [-0.25, -0.2) is 5.01 Å². The fourth-order valence-corrected chi connectivity index (χ4v) is 3.80. The number of hydrazone groups is 1. The molecule has 0 N–H and O–H groups in total. The van der Waals surface area contributed by atoms with Gasteiger partial charge in [-0.1, -0.05) is 42.5 Å². The van der Waals surface area contributed by atoms with Gasteiger partial charge in [0.2, 0.25) is 6.23 Å². The average Bonchev–Trinajstić information content (AvgIpc) is 3.20.